The van der Waals surface area contributed by atoms with Crippen LogP contribution in [-0.2, 0) is 0 Å². The van der Waals surface area contributed by atoms with Gasteiger partial charge in [0.1, 0.15) is 11.9 Å². The molecule has 0 aromatic heterocycles. The van der Waals surface area contributed by atoms with Gasteiger partial charge in [0.15, 0.2) is 0 Å². The number of benzene rings is 1. The number of aryl methyl sites for hydroxylation is 1. The van der Waals surface area contributed by atoms with Crippen molar-refractivity contribution in [3.63, 3.8) is 0 Å². The predicted octanol–water partition coefficient (Wildman–Crippen LogP) is 2.81. The standard InChI is InChI=1S/C11H13Cl2FO2/c1-6-4-9(14)7(5-8(6)13)11(16)10(15)2-3-12/h4-5,10-11,15-16H,2-3H2,1H3. The zero-order valence-electron chi connectivity index (χ0n) is 8.75. The van der Waals surface area contributed by atoms with Crippen LogP contribution in [0.15, 0.2) is 12.1 Å². The summed E-state index contributed by atoms with van der Waals surface area (Å²) in [5.74, 6) is -0.387. The topological polar surface area (TPSA) is 40.5 Å². The van der Waals surface area contributed by atoms with Crippen LogP contribution in [0.4, 0.5) is 4.39 Å². The first kappa shape index (κ1) is 13.7. The molecule has 2 N–H and O–H groups in total. The number of alkyl halides is 1. The average molecular weight is 267 g/mol. The summed E-state index contributed by atoms with van der Waals surface area (Å²) < 4.78 is 13.5. The highest BCUT2D eigenvalue weighted by Crippen LogP contribution is 2.27. The molecular formula is C11H13Cl2FO2. The quantitative estimate of drug-likeness (QED) is 0.823. The van der Waals surface area contributed by atoms with E-state index in [1.165, 1.54) is 12.1 Å². The highest BCUT2D eigenvalue weighted by molar-refractivity contribution is 6.31. The van der Waals surface area contributed by atoms with E-state index in [-0.39, 0.29) is 17.9 Å². The van der Waals surface area contributed by atoms with Gasteiger partial charge in [-0.25, -0.2) is 4.39 Å². The fraction of sp³-hybridized carbons (Fsp3) is 0.455. The molecular weight excluding hydrogens is 254 g/mol. The Morgan fingerprint density at radius 3 is 2.56 bits per heavy atom. The maximum Gasteiger partial charge on any atom is 0.129 e. The molecule has 5 heteroatoms. The zero-order valence-corrected chi connectivity index (χ0v) is 10.3. The van der Waals surface area contributed by atoms with E-state index in [0.717, 1.165) is 0 Å². The molecule has 0 radical (unpaired) electrons. The number of aliphatic hydroxyl groups excluding tert-OH is 2. The first-order valence-corrected chi connectivity index (χ1v) is 5.76. The zero-order chi connectivity index (χ0) is 12.3. The second-order valence-electron chi connectivity index (χ2n) is 3.61. The van der Waals surface area contributed by atoms with E-state index in [2.05, 4.69) is 0 Å². The molecule has 90 valence electrons. The Balaban J connectivity index is 2.99. The molecule has 0 amide bonds. The number of rotatable bonds is 4. The molecule has 2 nitrogen and oxygen atoms in total. The Labute approximate surface area is 104 Å². The van der Waals surface area contributed by atoms with Crippen molar-refractivity contribution in [3.8, 4) is 0 Å². The van der Waals surface area contributed by atoms with Gasteiger partial charge in [-0.3, -0.25) is 0 Å². The van der Waals surface area contributed by atoms with Gasteiger partial charge in [-0.15, -0.1) is 11.6 Å². The van der Waals surface area contributed by atoms with Crippen LogP contribution in [0, 0.1) is 12.7 Å². The Hall–Kier alpha value is -0.350. The molecule has 0 spiro atoms. The maximum absolute atomic E-state index is 13.5. The highest BCUT2D eigenvalue weighted by atomic mass is 35.5. The van der Waals surface area contributed by atoms with Crippen LogP contribution in [0.3, 0.4) is 0 Å². The summed E-state index contributed by atoms with van der Waals surface area (Å²) >= 11 is 11.3. The Morgan fingerprint density at radius 2 is 2.00 bits per heavy atom. The Morgan fingerprint density at radius 1 is 1.38 bits per heavy atom. The summed E-state index contributed by atoms with van der Waals surface area (Å²) in [6.07, 6.45) is -2.21. The first-order chi connectivity index (χ1) is 7.47. The number of aliphatic hydroxyl groups is 2. The van der Waals surface area contributed by atoms with Crippen molar-refractivity contribution in [2.75, 3.05) is 5.88 Å². The molecule has 0 saturated carbocycles. The Bertz CT molecular complexity index is 371. The largest absolute Gasteiger partial charge is 0.390 e. The second-order valence-corrected chi connectivity index (χ2v) is 4.40. The molecule has 0 fully saturated rings. The van der Waals surface area contributed by atoms with E-state index in [0.29, 0.717) is 10.6 Å². The second kappa shape index (κ2) is 5.82. The molecule has 0 saturated heterocycles. The van der Waals surface area contributed by atoms with Crippen molar-refractivity contribution in [1.82, 2.24) is 0 Å². The normalized spacial score (nSPS) is 14.9. The fourth-order valence-electron chi connectivity index (χ4n) is 1.37. The summed E-state index contributed by atoms with van der Waals surface area (Å²) in [6.45, 7) is 1.66. The van der Waals surface area contributed by atoms with E-state index in [1.54, 1.807) is 6.92 Å². The monoisotopic (exact) mass is 266 g/mol. The van der Waals surface area contributed by atoms with Gasteiger partial charge in [0.05, 0.1) is 6.10 Å². The van der Waals surface area contributed by atoms with Crippen LogP contribution < -0.4 is 0 Å². The summed E-state index contributed by atoms with van der Waals surface area (Å²) in [4.78, 5) is 0. The molecule has 2 atom stereocenters. The minimum absolute atomic E-state index is 0.00628. The average Bonchev–Trinajstić information content (AvgIpc) is 2.23. The van der Waals surface area contributed by atoms with Crippen LogP contribution in [0.25, 0.3) is 0 Å². The van der Waals surface area contributed by atoms with E-state index >= 15 is 0 Å². The molecule has 1 rings (SSSR count). The van der Waals surface area contributed by atoms with Crippen LogP contribution in [0.5, 0.6) is 0 Å². The van der Waals surface area contributed by atoms with E-state index in [1.807, 2.05) is 0 Å². The van der Waals surface area contributed by atoms with Crippen molar-refractivity contribution in [2.45, 2.75) is 25.6 Å². The lowest BCUT2D eigenvalue weighted by Crippen LogP contribution is -2.19. The molecule has 0 heterocycles. The fourth-order valence-corrected chi connectivity index (χ4v) is 1.76. The van der Waals surface area contributed by atoms with Crippen LogP contribution in [-0.4, -0.2) is 22.2 Å². The lowest BCUT2D eigenvalue weighted by atomic mass is 10.0. The van der Waals surface area contributed by atoms with Gasteiger partial charge in [-0.2, -0.15) is 0 Å². The lowest BCUT2D eigenvalue weighted by molar-refractivity contribution is 0.0149. The summed E-state index contributed by atoms with van der Waals surface area (Å²) in [5.41, 5.74) is 0.579. The number of hydrogen-bond donors (Lipinski definition) is 2. The van der Waals surface area contributed by atoms with E-state index in [9.17, 15) is 14.6 Å². The van der Waals surface area contributed by atoms with Gasteiger partial charge in [0.25, 0.3) is 0 Å². The van der Waals surface area contributed by atoms with Crippen LogP contribution >= 0.6 is 23.2 Å². The third-order valence-electron chi connectivity index (χ3n) is 2.37. The van der Waals surface area contributed by atoms with Crippen LogP contribution in [0.1, 0.15) is 23.7 Å². The molecule has 2 unspecified atom stereocenters. The summed E-state index contributed by atoms with van der Waals surface area (Å²) in [6, 6.07) is 2.56. The van der Waals surface area contributed by atoms with Crippen LogP contribution in [0.2, 0.25) is 5.02 Å². The molecule has 0 aliphatic carbocycles. The lowest BCUT2D eigenvalue weighted by Gasteiger charge is -2.18. The van der Waals surface area contributed by atoms with Gasteiger partial charge >= 0.3 is 0 Å². The third-order valence-corrected chi connectivity index (χ3v) is 2.99. The summed E-state index contributed by atoms with van der Waals surface area (Å²) in [5, 5.41) is 19.6. The Kier molecular flexibility index (Phi) is 4.99. The summed E-state index contributed by atoms with van der Waals surface area (Å²) in [7, 11) is 0. The molecule has 1 aromatic rings. The van der Waals surface area contributed by atoms with Crippen molar-refractivity contribution < 1.29 is 14.6 Å². The van der Waals surface area contributed by atoms with E-state index in [4.69, 9.17) is 23.2 Å². The van der Waals surface area contributed by atoms with E-state index < -0.39 is 18.0 Å². The molecule has 0 aliphatic rings. The van der Waals surface area contributed by atoms with Gasteiger partial charge in [0, 0.05) is 16.5 Å². The molecule has 16 heavy (non-hydrogen) atoms. The van der Waals surface area contributed by atoms with Crippen molar-refractivity contribution in [2.24, 2.45) is 0 Å². The molecule has 1 aromatic carbocycles. The van der Waals surface area contributed by atoms with Gasteiger partial charge < -0.3 is 10.2 Å². The third kappa shape index (κ3) is 3.08. The van der Waals surface area contributed by atoms with Gasteiger partial charge in [0.2, 0.25) is 0 Å². The molecule has 0 aliphatic heterocycles. The molecule has 0 bridgehead atoms. The van der Waals surface area contributed by atoms with Gasteiger partial charge in [-0.1, -0.05) is 11.6 Å². The van der Waals surface area contributed by atoms with Crippen molar-refractivity contribution >= 4 is 23.2 Å². The minimum Gasteiger partial charge on any atom is -0.390 e. The first-order valence-electron chi connectivity index (χ1n) is 4.85. The SMILES string of the molecule is Cc1cc(F)c(C(O)C(O)CCCl)cc1Cl. The maximum atomic E-state index is 13.5. The predicted molar refractivity (Wildman–Crippen MR) is 62.5 cm³/mol. The van der Waals surface area contributed by atoms with Crippen molar-refractivity contribution in [3.05, 3.63) is 34.1 Å². The van der Waals surface area contributed by atoms with Gasteiger partial charge in [-0.05, 0) is 31.0 Å². The highest BCUT2D eigenvalue weighted by Gasteiger charge is 2.21. The number of halogens is 3. The number of hydrogen-bond acceptors (Lipinski definition) is 2. The minimum atomic E-state index is -1.31. The smallest absolute Gasteiger partial charge is 0.129 e. The van der Waals surface area contributed by atoms with Crippen molar-refractivity contribution in [1.29, 1.82) is 0 Å².